The summed E-state index contributed by atoms with van der Waals surface area (Å²) >= 11 is 0. The molecule has 0 aliphatic carbocycles. The van der Waals surface area contributed by atoms with Gasteiger partial charge in [0.1, 0.15) is 0 Å². The summed E-state index contributed by atoms with van der Waals surface area (Å²) in [5.74, 6) is 0. The lowest BCUT2D eigenvalue weighted by molar-refractivity contribution is 0.120. The average Bonchev–Trinajstić information content (AvgIpc) is 3.71. The Balaban J connectivity index is 2.03. The van der Waals surface area contributed by atoms with Gasteiger partial charge in [0.2, 0.25) is 0 Å². The molecular weight excluding hydrogens is 472 g/mol. The van der Waals surface area contributed by atoms with Crippen molar-refractivity contribution in [3.63, 3.8) is 0 Å². The smallest absolute Gasteiger partial charge is 0.0894 e. The van der Waals surface area contributed by atoms with Crippen LogP contribution in [0.3, 0.4) is 0 Å². The lowest BCUT2D eigenvalue weighted by Gasteiger charge is -2.16. The predicted octanol–water partition coefficient (Wildman–Crippen LogP) is 7.84. The molecule has 0 N–H and O–H groups in total. The molecule has 2 aliphatic heterocycles. The van der Waals surface area contributed by atoms with Gasteiger partial charge < -0.3 is 18.6 Å². The molecule has 5 heterocycles. The molecule has 198 valence electrons. The standard InChI is InChI=1S/C32H38N4O2/c1-7-17-35-25-13-9-23-11-15-29(33-23)30-16-12-24(34-30)10-14-26-20-28(22(4)38-6)32(36(26)18-8-2)31(35)27(19-25)21(3)37-5/h9-16,19-22H,7-8,17-18H2,1-6H3. The second-order valence-electron chi connectivity index (χ2n) is 9.98. The first-order valence-corrected chi connectivity index (χ1v) is 13.7. The summed E-state index contributed by atoms with van der Waals surface area (Å²) in [6.07, 6.45) is 10.1. The van der Waals surface area contributed by atoms with Gasteiger partial charge in [0.15, 0.2) is 0 Å². The normalized spacial score (nSPS) is 14.3. The fourth-order valence-corrected chi connectivity index (χ4v) is 5.36. The number of aryl methyl sites for hydroxylation is 2. The van der Waals surface area contributed by atoms with Crippen molar-refractivity contribution < 1.29 is 9.47 Å². The van der Waals surface area contributed by atoms with E-state index in [0.717, 1.165) is 59.7 Å². The van der Waals surface area contributed by atoms with E-state index < -0.39 is 0 Å². The average molecular weight is 511 g/mol. The third kappa shape index (κ3) is 4.74. The summed E-state index contributed by atoms with van der Waals surface area (Å²) in [5, 5.41) is 0. The van der Waals surface area contributed by atoms with Crippen LogP contribution in [0.2, 0.25) is 0 Å². The monoisotopic (exact) mass is 510 g/mol. The van der Waals surface area contributed by atoms with Crippen molar-refractivity contribution in [2.45, 2.75) is 65.8 Å². The molecule has 5 rings (SSSR count). The predicted molar refractivity (Wildman–Crippen MR) is 158 cm³/mol. The van der Waals surface area contributed by atoms with E-state index in [1.54, 1.807) is 14.2 Å². The lowest BCUT2D eigenvalue weighted by atomic mass is 10.1. The fourth-order valence-electron chi connectivity index (χ4n) is 5.36. The molecule has 6 heteroatoms. The Kier molecular flexibility index (Phi) is 7.63. The maximum atomic E-state index is 5.92. The van der Waals surface area contributed by atoms with Crippen LogP contribution in [0.15, 0.2) is 36.4 Å². The van der Waals surface area contributed by atoms with Crippen LogP contribution >= 0.6 is 0 Å². The van der Waals surface area contributed by atoms with Gasteiger partial charge in [-0.3, -0.25) is 0 Å². The van der Waals surface area contributed by atoms with Crippen LogP contribution in [0.4, 0.5) is 0 Å². The highest BCUT2D eigenvalue weighted by atomic mass is 16.5. The van der Waals surface area contributed by atoms with Crippen LogP contribution < -0.4 is 0 Å². The van der Waals surface area contributed by atoms with E-state index in [1.165, 1.54) is 22.2 Å². The summed E-state index contributed by atoms with van der Waals surface area (Å²) in [7, 11) is 3.57. The SMILES string of the molecule is CCCn1c2ccc3nc(c4nc(ccc5cc(C(C)OC)c(c1c(C(C)OC)c2)n5CCC)C=C4)C=C3. The summed E-state index contributed by atoms with van der Waals surface area (Å²) in [5.41, 5.74) is 10.7. The van der Waals surface area contributed by atoms with E-state index in [-0.39, 0.29) is 12.2 Å². The number of rotatable bonds is 8. The molecule has 6 nitrogen and oxygen atoms in total. The van der Waals surface area contributed by atoms with Crippen molar-refractivity contribution in [2.75, 3.05) is 14.2 Å². The number of hydrogen-bond donors (Lipinski definition) is 0. The van der Waals surface area contributed by atoms with Crippen LogP contribution in [-0.4, -0.2) is 33.3 Å². The van der Waals surface area contributed by atoms with Crippen LogP contribution in [0.5, 0.6) is 0 Å². The Labute approximate surface area is 225 Å². The van der Waals surface area contributed by atoms with Crippen LogP contribution in [0.1, 0.15) is 86.6 Å². The minimum Gasteiger partial charge on any atom is -0.377 e. The summed E-state index contributed by atoms with van der Waals surface area (Å²) < 4.78 is 16.7. The van der Waals surface area contributed by atoms with E-state index in [4.69, 9.17) is 19.4 Å². The van der Waals surface area contributed by atoms with Gasteiger partial charge in [-0.15, -0.1) is 0 Å². The zero-order valence-electron chi connectivity index (χ0n) is 23.4. The number of hydrogen-bond acceptors (Lipinski definition) is 4. The summed E-state index contributed by atoms with van der Waals surface area (Å²) in [4.78, 5) is 9.66. The van der Waals surface area contributed by atoms with Crippen molar-refractivity contribution in [2.24, 2.45) is 0 Å². The van der Waals surface area contributed by atoms with E-state index in [2.05, 4.69) is 85.4 Å². The van der Waals surface area contributed by atoms with Crippen molar-refractivity contribution >= 4 is 46.4 Å². The number of ether oxygens (including phenoxy) is 2. The van der Waals surface area contributed by atoms with E-state index in [0.29, 0.717) is 0 Å². The Hall–Kier alpha value is -3.48. The molecule has 0 fully saturated rings. The minimum atomic E-state index is -0.0673. The number of methoxy groups -OCH3 is 2. The quantitative estimate of drug-likeness (QED) is 0.213. The highest BCUT2D eigenvalue weighted by Crippen LogP contribution is 2.36. The zero-order chi connectivity index (χ0) is 26.8. The molecule has 0 radical (unpaired) electrons. The topological polar surface area (TPSA) is 54.1 Å². The molecule has 8 bridgehead atoms. The molecule has 0 saturated carbocycles. The largest absolute Gasteiger partial charge is 0.377 e. The molecule has 3 aromatic rings. The Morgan fingerprint density at radius 3 is 1.45 bits per heavy atom. The lowest BCUT2D eigenvalue weighted by Crippen LogP contribution is -2.05. The highest BCUT2D eigenvalue weighted by molar-refractivity contribution is 5.90. The number of nitrogens with zero attached hydrogens (tertiary/aromatic N) is 4. The first-order valence-electron chi connectivity index (χ1n) is 13.7. The van der Waals surface area contributed by atoms with E-state index >= 15 is 0 Å². The van der Waals surface area contributed by atoms with Gasteiger partial charge >= 0.3 is 0 Å². The molecule has 3 aromatic heterocycles. The molecule has 0 aromatic carbocycles. The fraction of sp³-hybridized carbons (Fsp3) is 0.375. The van der Waals surface area contributed by atoms with Gasteiger partial charge in [0, 0.05) is 49.5 Å². The highest BCUT2D eigenvalue weighted by Gasteiger charge is 2.22. The molecule has 2 aliphatic rings. The Bertz CT molecular complexity index is 1440. The van der Waals surface area contributed by atoms with Crippen LogP contribution in [0, 0.1) is 0 Å². The van der Waals surface area contributed by atoms with Crippen molar-refractivity contribution in [1.82, 2.24) is 19.1 Å². The molecule has 0 spiro atoms. The van der Waals surface area contributed by atoms with Gasteiger partial charge in [0.05, 0.1) is 46.0 Å². The Morgan fingerprint density at radius 1 is 0.658 bits per heavy atom. The zero-order valence-corrected chi connectivity index (χ0v) is 23.4. The molecule has 0 amide bonds. The molecule has 0 saturated heterocycles. The molecule has 38 heavy (non-hydrogen) atoms. The second-order valence-corrected chi connectivity index (χ2v) is 9.98. The van der Waals surface area contributed by atoms with Gasteiger partial charge in [-0.1, -0.05) is 13.8 Å². The van der Waals surface area contributed by atoms with Crippen molar-refractivity contribution in [3.05, 3.63) is 70.3 Å². The first kappa shape index (κ1) is 26.1. The Morgan fingerprint density at radius 2 is 1.08 bits per heavy atom. The maximum absolute atomic E-state index is 5.92. The van der Waals surface area contributed by atoms with Gasteiger partial charge in [0.25, 0.3) is 0 Å². The third-order valence-corrected chi connectivity index (χ3v) is 7.45. The maximum Gasteiger partial charge on any atom is 0.0894 e. The van der Waals surface area contributed by atoms with Gasteiger partial charge in [-0.2, -0.15) is 0 Å². The third-order valence-electron chi connectivity index (χ3n) is 7.45. The molecular formula is C32H38N4O2. The number of fused-ring (bicyclic) bond motifs is 10. The van der Waals surface area contributed by atoms with Crippen LogP contribution in [0.25, 0.3) is 46.4 Å². The van der Waals surface area contributed by atoms with Gasteiger partial charge in [-0.05, 0) is 87.4 Å². The number of aromatic nitrogens is 4. The summed E-state index contributed by atoms with van der Waals surface area (Å²) in [6, 6.07) is 13.1. The molecule has 2 atom stereocenters. The first-order chi connectivity index (χ1) is 18.5. The van der Waals surface area contributed by atoms with Gasteiger partial charge in [-0.25, -0.2) is 9.97 Å². The van der Waals surface area contributed by atoms with E-state index in [9.17, 15) is 0 Å². The van der Waals surface area contributed by atoms with Crippen molar-refractivity contribution in [3.8, 4) is 0 Å². The summed E-state index contributed by atoms with van der Waals surface area (Å²) in [6.45, 7) is 10.5. The molecule has 2 unspecified atom stereocenters. The van der Waals surface area contributed by atoms with Crippen LogP contribution in [-0.2, 0) is 22.6 Å². The second kappa shape index (κ2) is 11.1. The minimum absolute atomic E-state index is 0.0673. The van der Waals surface area contributed by atoms with Crippen molar-refractivity contribution in [1.29, 1.82) is 0 Å². The van der Waals surface area contributed by atoms with E-state index in [1.807, 2.05) is 12.2 Å².